The van der Waals surface area contributed by atoms with Gasteiger partial charge in [-0.05, 0) is 39.0 Å². The lowest BCUT2D eigenvalue weighted by Crippen LogP contribution is -2.47. The lowest BCUT2D eigenvalue weighted by Gasteiger charge is -2.33. The maximum atomic E-state index is 13.5. The second kappa shape index (κ2) is 7.25. The van der Waals surface area contributed by atoms with Gasteiger partial charge in [-0.25, -0.2) is 23.5 Å². The Hall–Kier alpha value is -3.10. The van der Waals surface area contributed by atoms with Crippen molar-refractivity contribution >= 4 is 17.8 Å². The van der Waals surface area contributed by atoms with Crippen molar-refractivity contribution in [1.29, 1.82) is 0 Å². The summed E-state index contributed by atoms with van der Waals surface area (Å²) >= 11 is 0. The normalized spacial score (nSPS) is 19.7. The molecular weight excluding hydrogens is 408 g/mol. The highest BCUT2D eigenvalue weighted by atomic mass is 19.3. The number of ketones is 1. The van der Waals surface area contributed by atoms with E-state index < -0.39 is 48.7 Å². The first-order chi connectivity index (χ1) is 14.5. The fourth-order valence-corrected chi connectivity index (χ4v) is 4.35. The van der Waals surface area contributed by atoms with Gasteiger partial charge in [0.2, 0.25) is 5.92 Å². The number of aromatic nitrogens is 2. The third-order valence-electron chi connectivity index (χ3n) is 6.06. The fraction of sp³-hybridized carbons (Fsp3) is 0.455. The molecule has 2 fully saturated rings. The molecule has 0 bridgehead atoms. The molecule has 31 heavy (non-hydrogen) atoms. The van der Waals surface area contributed by atoms with Gasteiger partial charge in [0.15, 0.2) is 11.4 Å². The van der Waals surface area contributed by atoms with Crippen molar-refractivity contribution in [3.63, 3.8) is 0 Å². The van der Waals surface area contributed by atoms with Gasteiger partial charge in [-0.15, -0.1) is 0 Å². The first-order valence-electron chi connectivity index (χ1n) is 10.1. The zero-order chi connectivity index (χ0) is 22.6. The maximum Gasteiger partial charge on any atom is 0.418 e. The highest BCUT2D eigenvalue weighted by molar-refractivity contribution is 6.08. The molecule has 2 amide bonds. The number of rotatable bonds is 4. The number of aryl methyl sites for hydroxylation is 2. The zero-order valence-electron chi connectivity index (χ0n) is 17.6. The molecule has 4 rings (SSSR count). The van der Waals surface area contributed by atoms with Crippen LogP contribution in [0.15, 0.2) is 24.3 Å². The lowest BCUT2D eigenvalue weighted by molar-refractivity contribution is -0.146. The molecule has 2 aromatic heterocycles. The fourth-order valence-electron chi connectivity index (χ4n) is 4.35. The number of imide groups is 1. The summed E-state index contributed by atoms with van der Waals surface area (Å²) < 4.78 is 34.1. The predicted octanol–water partition coefficient (Wildman–Crippen LogP) is 3.91. The summed E-state index contributed by atoms with van der Waals surface area (Å²) in [5, 5.41) is 0. The summed E-state index contributed by atoms with van der Waals surface area (Å²) in [5.41, 5.74) is 1.01. The van der Waals surface area contributed by atoms with Crippen molar-refractivity contribution in [2.75, 3.05) is 6.54 Å². The molecule has 3 heterocycles. The standard InChI is InChI=1S/C22H23F2N3O4/c1-13-5-4-6-18(25-13)27-14(2)11-16(15(27)3)17(28)12-26-19(29)21(31-20(26)30)7-9-22(23,24)10-8-21/h4-6,11H,7-10,12H2,1-3H3. The minimum atomic E-state index is -2.87. The van der Waals surface area contributed by atoms with Gasteiger partial charge in [0.25, 0.3) is 5.91 Å². The van der Waals surface area contributed by atoms with E-state index in [1.165, 1.54) is 0 Å². The Kier molecular flexibility index (Phi) is 4.94. The quantitative estimate of drug-likeness (QED) is 0.686. The van der Waals surface area contributed by atoms with Gasteiger partial charge < -0.3 is 9.30 Å². The Morgan fingerprint density at radius 3 is 2.45 bits per heavy atom. The van der Waals surface area contributed by atoms with E-state index in [9.17, 15) is 23.2 Å². The first-order valence-corrected chi connectivity index (χ1v) is 10.1. The zero-order valence-corrected chi connectivity index (χ0v) is 17.6. The number of carbonyl (C=O) groups excluding carboxylic acids is 3. The number of hydrogen-bond acceptors (Lipinski definition) is 5. The number of alkyl halides is 2. The lowest BCUT2D eigenvalue weighted by atomic mass is 9.82. The molecule has 2 aromatic rings. The van der Waals surface area contributed by atoms with E-state index in [0.717, 1.165) is 16.3 Å². The van der Waals surface area contributed by atoms with Crippen LogP contribution in [0, 0.1) is 20.8 Å². The summed E-state index contributed by atoms with van der Waals surface area (Å²) in [6.07, 6.45) is -2.51. The number of amides is 2. The van der Waals surface area contributed by atoms with Crippen LogP contribution in [0.2, 0.25) is 0 Å². The van der Waals surface area contributed by atoms with Crippen LogP contribution in [-0.2, 0) is 9.53 Å². The largest absolute Gasteiger partial charge is 0.432 e. The maximum absolute atomic E-state index is 13.5. The van der Waals surface area contributed by atoms with Crippen molar-refractivity contribution in [1.82, 2.24) is 14.5 Å². The topological polar surface area (TPSA) is 81.5 Å². The number of halogens is 2. The third kappa shape index (κ3) is 3.62. The van der Waals surface area contributed by atoms with Crippen LogP contribution < -0.4 is 0 Å². The Bertz CT molecular complexity index is 1080. The van der Waals surface area contributed by atoms with Gasteiger partial charge in [-0.3, -0.25) is 9.59 Å². The molecule has 164 valence electrons. The van der Waals surface area contributed by atoms with Gasteiger partial charge >= 0.3 is 6.09 Å². The molecule has 1 aliphatic carbocycles. The molecule has 0 atom stereocenters. The molecule has 1 aliphatic heterocycles. The second-order valence-corrected chi connectivity index (χ2v) is 8.29. The molecule has 1 spiro atoms. The van der Waals surface area contributed by atoms with Crippen LogP contribution in [0.1, 0.15) is 53.1 Å². The van der Waals surface area contributed by atoms with E-state index in [1.807, 2.05) is 36.6 Å². The molecule has 9 heteroatoms. The summed E-state index contributed by atoms with van der Waals surface area (Å²) in [7, 11) is 0. The van der Waals surface area contributed by atoms with Crippen LogP contribution in [0.5, 0.6) is 0 Å². The van der Waals surface area contributed by atoms with Crippen LogP contribution in [0.4, 0.5) is 13.6 Å². The number of Topliss-reactive ketones (excluding diaryl/α,β-unsaturated/α-hetero) is 1. The van der Waals surface area contributed by atoms with E-state index in [4.69, 9.17) is 4.74 Å². The summed E-state index contributed by atoms with van der Waals surface area (Å²) in [4.78, 5) is 43.4. The molecule has 0 unspecified atom stereocenters. The minimum absolute atomic E-state index is 0.247. The van der Waals surface area contributed by atoms with Gasteiger partial charge in [0, 0.05) is 48.3 Å². The Morgan fingerprint density at radius 1 is 1.13 bits per heavy atom. The van der Waals surface area contributed by atoms with E-state index in [2.05, 4.69) is 4.98 Å². The number of hydrogen-bond donors (Lipinski definition) is 0. The Labute approximate surface area is 178 Å². The van der Waals surface area contributed by atoms with E-state index in [0.29, 0.717) is 17.1 Å². The van der Waals surface area contributed by atoms with Gasteiger partial charge in [0.1, 0.15) is 5.82 Å². The molecule has 7 nitrogen and oxygen atoms in total. The van der Waals surface area contributed by atoms with Crippen LogP contribution in [-0.4, -0.2) is 50.3 Å². The number of pyridine rings is 1. The van der Waals surface area contributed by atoms with Gasteiger partial charge in [-0.2, -0.15) is 0 Å². The molecular formula is C22H23F2N3O4. The molecule has 0 aromatic carbocycles. The van der Waals surface area contributed by atoms with E-state index in [-0.39, 0.29) is 12.8 Å². The predicted molar refractivity (Wildman–Crippen MR) is 106 cm³/mol. The molecule has 1 saturated carbocycles. The number of nitrogens with zero attached hydrogens (tertiary/aromatic N) is 3. The van der Waals surface area contributed by atoms with Crippen molar-refractivity contribution in [2.45, 2.75) is 58.0 Å². The Balaban J connectivity index is 1.56. The second-order valence-electron chi connectivity index (χ2n) is 8.29. The molecule has 1 saturated heterocycles. The van der Waals surface area contributed by atoms with Crippen molar-refractivity contribution in [3.8, 4) is 5.82 Å². The smallest absolute Gasteiger partial charge is 0.418 e. The molecule has 0 N–H and O–H groups in total. The van der Waals surface area contributed by atoms with Crippen LogP contribution in [0.25, 0.3) is 5.82 Å². The average molecular weight is 431 g/mol. The van der Waals surface area contributed by atoms with Crippen molar-refractivity contribution in [2.24, 2.45) is 0 Å². The van der Waals surface area contributed by atoms with E-state index >= 15 is 0 Å². The van der Waals surface area contributed by atoms with Crippen LogP contribution >= 0.6 is 0 Å². The van der Waals surface area contributed by atoms with Gasteiger partial charge in [0.05, 0.1) is 6.54 Å². The third-order valence-corrected chi connectivity index (χ3v) is 6.06. The summed E-state index contributed by atoms with van der Waals surface area (Å²) in [6.45, 7) is 4.96. The molecule has 0 radical (unpaired) electrons. The van der Waals surface area contributed by atoms with Gasteiger partial charge in [-0.1, -0.05) is 6.07 Å². The first kappa shape index (κ1) is 21.1. The van der Waals surface area contributed by atoms with E-state index in [1.54, 1.807) is 13.0 Å². The van der Waals surface area contributed by atoms with Crippen molar-refractivity contribution in [3.05, 3.63) is 46.9 Å². The monoisotopic (exact) mass is 431 g/mol. The summed E-state index contributed by atoms with van der Waals surface area (Å²) in [5.74, 6) is -3.36. The molecule has 2 aliphatic rings. The van der Waals surface area contributed by atoms with Crippen molar-refractivity contribution < 1.29 is 27.9 Å². The number of ether oxygens (including phenoxy) is 1. The van der Waals surface area contributed by atoms with Crippen LogP contribution in [0.3, 0.4) is 0 Å². The Morgan fingerprint density at radius 2 is 1.81 bits per heavy atom. The summed E-state index contributed by atoms with van der Waals surface area (Å²) in [6, 6.07) is 7.24. The highest BCUT2D eigenvalue weighted by Crippen LogP contribution is 2.44. The number of carbonyl (C=O) groups is 3. The SMILES string of the molecule is Cc1cccc(-n2c(C)cc(C(=O)CN3C(=O)OC4(CCC(F)(F)CC4)C3=O)c2C)n1. The minimum Gasteiger partial charge on any atom is -0.432 e. The highest BCUT2D eigenvalue weighted by Gasteiger charge is 2.58. The average Bonchev–Trinajstić information content (AvgIpc) is 3.12.